The van der Waals surface area contributed by atoms with Gasteiger partial charge in [-0.3, -0.25) is 10.3 Å². The molecule has 0 fully saturated rings. The van der Waals surface area contributed by atoms with Crippen LogP contribution in [-0.4, -0.2) is 53.2 Å². The number of hydrogen-bond donors (Lipinski definition) is 1. The molecule has 5 rings (SSSR count). The monoisotopic (exact) mass is 615 g/mol. The van der Waals surface area contributed by atoms with Crippen molar-refractivity contribution in [2.24, 2.45) is 41.2 Å². The second-order valence-electron chi connectivity index (χ2n) is 13.2. The van der Waals surface area contributed by atoms with Gasteiger partial charge in [0.1, 0.15) is 23.3 Å². The number of hydrogen-bond acceptors (Lipinski definition) is 4. The molecule has 3 aromatic carbocycles. The molecular weight excluding hydrogens is 570 g/mol. The lowest BCUT2D eigenvalue weighted by atomic mass is 9.59. The number of fused-ring (bicyclic) bond motifs is 1. The summed E-state index contributed by atoms with van der Waals surface area (Å²) in [4.78, 5) is 40.4. The molecule has 0 saturated carbocycles. The van der Waals surface area contributed by atoms with Crippen LogP contribution in [-0.2, 0) is 6.54 Å². The van der Waals surface area contributed by atoms with Crippen molar-refractivity contribution in [3.05, 3.63) is 108 Å². The Morgan fingerprint density at radius 2 is 1.37 bits per heavy atom. The fourth-order valence-electron chi connectivity index (χ4n) is 6.11. The van der Waals surface area contributed by atoms with Crippen LogP contribution < -0.4 is 5.32 Å². The first-order chi connectivity index (χ1) is 22.0. The SMILES string of the molecule is CCN(CC)C(=O)NC(=NC(=NC1=NC2=NC(=NCc3ccccc3)C(C)(C)C2(C)CC1(C)C)c1ccccc1)c1ccccc1. The van der Waals surface area contributed by atoms with Crippen LogP contribution in [0.15, 0.2) is 116 Å². The zero-order chi connectivity index (χ0) is 33.0. The number of rotatable bonds is 6. The van der Waals surface area contributed by atoms with E-state index in [1.54, 1.807) is 4.90 Å². The second-order valence-corrected chi connectivity index (χ2v) is 13.2. The average Bonchev–Trinajstić information content (AvgIpc) is 3.23. The summed E-state index contributed by atoms with van der Waals surface area (Å²) in [6, 6.07) is 29.5. The molecular formula is C38H45N7O. The number of aliphatic imine (C=N–C) groups is 5. The first kappa shape index (κ1) is 32.7. The molecule has 0 spiro atoms. The summed E-state index contributed by atoms with van der Waals surface area (Å²) in [5.74, 6) is 3.09. The van der Waals surface area contributed by atoms with Crippen molar-refractivity contribution in [1.29, 1.82) is 0 Å². The minimum atomic E-state index is -0.396. The Morgan fingerprint density at radius 1 is 0.804 bits per heavy atom. The van der Waals surface area contributed by atoms with Gasteiger partial charge in [0.15, 0.2) is 5.84 Å². The zero-order valence-corrected chi connectivity index (χ0v) is 28.1. The maximum absolute atomic E-state index is 13.2. The van der Waals surface area contributed by atoms with Crippen LogP contribution in [0.2, 0.25) is 0 Å². The van der Waals surface area contributed by atoms with Crippen LogP contribution in [0.5, 0.6) is 0 Å². The Labute approximate surface area is 273 Å². The van der Waals surface area contributed by atoms with E-state index in [2.05, 4.69) is 52.1 Å². The molecule has 3 aromatic rings. The number of nitrogens with one attached hydrogen (secondary N) is 1. The van der Waals surface area contributed by atoms with E-state index >= 15 is 0 Å². The lowest BCUT2D eigenvalue weighted by Crippen LogP contribution is -2.48. The van der Waals surface area contributed by atoms with Gasteiger partial charge in [0, 0.05) is 40.5 Å². The van der Waals surface area contributed by atoms with E-state index in [1.165, 1.54) is 0 Å². The molecule has 2 amide bonds. The maximum Gasteiger partial charge on any atom is 0.323 e. The van der Waals surface area contributed by atoms with Gasteiger partial charge in [-0.05, 0) is 25.8 Å². The van der Waals surface area contributed by atoms with Gasteiger partial charge in [-0.25, -0.2) is 24.8 Å². The molecule has 8 nitrogen and oxygen atoms in total. The van der Waals surface area contributed by atoms with Crippen molar-refractivity contribution in [2.75, 3.05) is 13.1 Å². The van der Waals surface area contributed by atoms with Gasteiger partial charge in [-0.15, -0.1) is 0 Å². The van der Waals surface area contributed by atoms with Gasteiger partial charge in [0.05, 0.1) is 6.54 Å². The van der Waals surface area contributed by atoms with Crippen LogP contribution in [0.3, 0.4) is 0 Å². The Hall–Kier alpha value is -4.72. The number of benzene rings is 3. The third-order valence-electron chi connectivity index (χ3n) is 9.30. The molecule has 46 heavy (non-hydrogen) atoms. The largest absolute Gasteiger partial charge is 0.325 e. The van der Waals surface area contributed by atoms with E-state index in [1.807, 2.05) is 92.7 Å². The Kier molecular flexibility index (Phi) is 9.47. The van der Waals surface area contributed by atoms with Crippen LogP contribution >= 0.6 is 0 Å². The van der Waals surface area contributed by atoms with E-state index in [9.17, 15) is 4.79 Å². The number of carbonyl (C=O) groups is 1. The standard InChI is InChI=1S/C38H45N7O/c1-8-45(9-2)35(46)42-31(29-23-17-12-18-24-29)40-30(28-21-15-11-16-22-28)41-32-36(3,4)26-38(7)34(43-32)44-33(37(38,5)6)39-25-27-19-13-10-14-20-27/h10-24H,8-9,25-26H2,1-7H3,(H,39,40,41,42,43,44,46). The maximum atomic E-state index is 13.2. The van der Waals surface area contributed by atoms with Gasteiger partial charge in [0.2, 0.25) is 0 Å². The number of amides is 2. The highest BCUT2D eigenvalue weighted by molar-refractivity contribution is 6.21. The molecule has 0 bridgehead atoms. The Bertz CT molecular complexity index is 1700. The fraction of sp³-hybridized carbons (Fsp3) is 0.368. The van der Waals surface area contributed by atoms with Gasteiger partial charge in [0.25, 0.3) is 0 Å². The highest BCUT2D eigenvalue weighted by Crippen LogP contribution is 2.55. The number of urea groups is 1. The Morgan fingerprint density at radius 3 is 1.96 bits per heavy atom. The van der Waals surface area contributed by atoms with Crippen LogP contribution in [0.25, 0.3) is 0 Å². The van der Waals surface area contributed by atoms with E-state index in [-0.39, 0.29) is 16.9 Å². The van der Waals surface area contributed by atoms with Crippen molar-refractivity contribution >= 4 is 35.2 Å². The third-order valence-corrected chi connectivity index (χ3v) is 9.30. The summed E-state index contributed by atoms with van der Waals surface area (Å²) in [5.41, 5.74) is 1.71. The normalized spacial score (nSPS) is 21.3. The quantitative estimate of drug-likeness (QED) is 0.222. The van der Waals surface area contributed by atoms with Crippen molar-refractivity contribution in [3.8, 4) is 0 Å². The van der Waals surface area contributed by atoms with Gasteiger partial charge in [-0.1, -0.05) is 126 Å². The molecule has 238 valence electrons. The second kappa shape index (κ2) is 13.3. The smallest absolute Gasteiger partial charge is 0.323 e. The summed E-state index contributed by atoms with van der Waals surface area (Å²) >= 11 is 0. The summed E-state index contributed by atoms with van der Waals surface area (Å²) in [7, 11) is 0. The molecule has 1 unspecified atom stereocenters. The van der Waals surface area contributed by atoms with Crippen molar-refractivity contribution in [3.63, 3.8) is 0 Å². The predicted molar refractivity (Wildman–Crippen MR) is 190 cm³/mol. The first-order valence-electron chi connectivity index (χ1n) is 16.1. The van der Waals surface area contributed by atoms with Crippen molar-refractivity contribution in [2.45, 2.75) is 61.4 Å². The summed E-state index contributed by atoms with van der Waals surface area (Å²) in [6.07, 6.45) is 0.786. The minimum absolute atomic E-state index is 0.212. The molecule has 8 heteroatoms. The number of amidine groups is 5. The highest BCUT2D eigenvalue weighted by atomic mass is 16.2. The summed E-state index contributed by atoms with van der Waals surface area (Å²) in [6.45, 7) is 16.7. The zero-order valence-electron chi connectivity index (χ0n) is 28.1. The van der Waals surface area contributed by atoms with Crippen molar-refractivity contribution < 1.29 is 4.79 Å². The molecule has 1 N–H and O–H groups in total. The summed E-state index contributed by atoms with van der Waals surface area (Å²) < 4.78 is 0. The molecule has 0 aromatic heterocycles. The van der Waals surface area contributed by atoms with Crippen LogP contribution in [0, 0.1) is 16.2 Å². The molecule has 0 saturated heterocycles. The molecule has 2 aliphatic heterocycles. The van der Waals surface area contributed by atoms with Crippen LogP contribution in [0.1, 0.15) is 71.6 Å². The van der Waals surface area contributed by atoms with E-state index in [0.29, 0.717) is 37.1 Å². The molecule has 2 heterocycles. The van der Waals surface area contributed by atoms with Gasteiger partial charge >= 0.3 is 6.03 Å². The minimum Gasteiger partial charge on any atom is -0.325 e. The predicted octanol–water partition coefficient (Wildman–Crippen LogP) is 7.80. The van der Waals surface area contributed by atoms with Gasteiger partial charge < -0.3 is 4.90 Å². The highest BCUT2D eigenvalue weighted by Gasteiger charge is 2.58. The van der Waals surface area contributed by atoms with Crippen molar-refractivity contribution in [1.82, 2.24) is 10.2 Å². The number of nitrogens with zero attached hydrogens (tertiary/aromatic N) is 6. The molecule has 1 atom stereocenters. The van der Waals surface area contributed by atoms with Crippen LogP contribution in [0.4, 0.5) is 4.79 Å². The molecule has 2 aliphatic rings. The topological polar surface area (TPSA) is 94.1 Å². The first-order valence-corrected chi connectivity index (χ1v) is 16.1. The van der Waals surface area contributed by atoms with E-state index < -0.39 is 5.41 Å². The lowest BCUT2D eigenvalue weighted by Gasteiger charge is -2.45. The Balaban J connectivity index is 1.62. The van der Waals surface area contributed by atoms with E-state index in [0.717, 1.165) is 34.8 Å². The molecule has 0 radical (unpaired) electrons. The third kappa shape index (κ3) is 6.62. The number of carbonyl (C=O) groups excluding carboxylic acids is 1. The molecule has 0 aliphatic carbocycles. The lowest BCUT2D eigenvalue weighted by molar-refractivity contribution is 0.190. The average molecular weight is 616 g/mol. The fourth-order valence-corrected chi connectivity index (χ4v) is 6.11. The van der Waals surface area contributed by atoms with E-state index in [4.69, 9.17) is 25.0 Å². The van der Waals surface area contributed by atoms with Gasteiger partial charge in [-0.2, -0.15) is 0 Å². The summed E-state index contributed by atoms with van der Waals surface area (Å²) in [5, 5.41) is 3.06.